The van der Waals surface area contributed by atoms with Crippen molar-refractivity contribution in [2.24, 2.45) is 0 Å². The summed E-state index contributed by atoms with van der Waals surface area (Å²) in [6.45, 7) is 6.11. The van der Waals surface area contributed by atoms with Crippen molar-refractivity contribution in [1.29, 1.82) is 0 Å². The molecule has 5 nitrogen and oxygen atoms in total. The van der Waals surface area contributed by atoms with Crippen LogP contribution in [0.25, 0.3) is 0 Å². The number of aromatic amines is 2. The number of halogens is 2. The lowest BCUT2D eigenvalue weighted by Crippen LogP contribution is -2.45. The minimum atomic E-state index is -2.12. The Morgan fingerprint density at radius 3 is 2.00 bits per heavy atom. The maximum atomic E-state index is 14.8. The third-order valence-corrected chi connectivity index (χ3v) is 4.94. The van der Waals surface area contributed by atoms with Crippen LogP contribution in [-0.2, 0) is 22.9 Å². The molecule has 0 amide bonds. The van der Waals surface area contributed by atoms with Crippen molar-refractivity contribution < 1.29 is 13.2 Å². The van der Waals surface area contributed by atoms with Gasteiger partial charge < -0.3 is 14.4 Å². The SMILES string of the molecule is C[Si](C)(C)OC(Cc1ncc[nH]1)(Cc1ncc[nH]1)c1ccc(F)cc1F. The standard InChI is InChI=1S/C18H22F2N4OSi/c1-26(2,3)25-18(11-16-21-6-7-22-16,12-17-23-8-9-24-17)14-5-4-13(19)10-15(14)20/h4-10H,11-12H2,1-3H3,(H,21,22)(H,23,24). The number of imidazole rings is 2. The van der Waals surface area contributed by atoms with Crippen molar-refractivity contribution in [3.8, 4) is 0 Å². The van der Waals surface area contributed by atoms with Gasteiger partial charge in [-0.2, -0.15) is 0 Å². The van der Waals surface area contributed by atoms with E-state index in [1.807, 2.05) is 19.6 Å². The van der Waals surface area contributed by atoms with Crippen LogP contribution in [-0.4, -0.2) is 28.3 Å². The molecule has 8 heteroatoms. The zero-order valence-electron chi connectivity index (χ0n) is 15.0. The average molecular weight is 376 g/mol. The first-order chi connectivity index (χ1) is 12.3. The number of aromatic nitrogens is 4. The minimum absolute atomic E-state index is 0.300. The first-order valence-electron chi connectivity index (χ1n) is 8.40. The van der Waals surface area contributed by atoms with Gasteiger partial charge in [-0.3, -0.25) is 0 Å². The molecule has 26 heavy (non-hydrogen) atoms. The molecule has 0 atom stereocenters. The van der Waals surface area contributed by atoms with Gasteiger partial charge in [-0.05, 0) is 25.7 Å². The lowest BCUT2D eigenvalue weighted by molar-refractivity contribution is 0.0502. The minimum Gasteiger partial charge on any atom is -0.407 e. The van der Waals surface area contributed by atoms with E-state index >= 15 is 0 Å². The molecule has 3 rings (SSSR count). The van der Waals surface area contributed by atoms with Gasteiger partial charge in [0, 0.05) is 49.3 Å². The third-order valence-electron chi connectivity index (χ3n) is 3.94. The van der Waals surface area contributed by atoms with Crippen LogP contribution < -0.4 is 0 Å². The Labute approximate surface area is 152 Å². The second-order valence-corrected chi connectivity index (χ2v) is 11.7. The summed E-state index contributed by atoms with van der Waals surface area (Å²) in [6.07, 6.45) is 7.33. The zero-order valence-corrected chi connectivity index (χ0v) is 16.0. The Morgan fingerprint density at radius 2 is 1.58 bits per heavy atom. The summed E-state index contributed by atoms with van der Waals surface area (Å²) in [4.78, 5) is 14.7. The highest BCUT2D eigenvalue weighted by atomic mass is 28.4. The quantitative estimate of drug-likeness (QED) is 0.614. The van der Waals surface area contributed by atoms with E-state index < -0.39 is 25.6 Å². The summed E-state index contributed by atoms with van der Waals surface area (Å²) >= 11 is 0. The van der Waals surface area contributed by atoms with Crippen LogP contribution in [0.4, 0.5) is 8.78 Å². The van der Waals surface area contributed by atoms with E-state index in [-0.39, 0.29) is 0 Å². The number of H-pyrrole nitrogens is 2. The summed E-state index contributed by atoms with van der Waals surface area (Å²) < 4.78 is 34.9. The fourth-order valence-electron chi connectivity index (χ4n) is 3.16. The first kappa shape index (κ1) is 18.5. The fourth-order valence-corrected chi connectivity index (χ4v) is 4.58. The highest BCUT2D eigenvalue weighted by Gasteiger charge is 2.41. The molecule has 138 valence electrons. The first-order valence-corrected chi connectivity index (χ1v) is 11.8. The van der Waals surface area contributed by atoms with E-state index in [0.29, 0.717) is 30.1 Å². The predicted octanol–water partition coefficient (Wildman–Crippen LogP) is 3.94. The number of benzene rings is 1. The molecule has 0 radical (unpaired) electrons. The van der Waals surface area contributed by atoms with Crippen LogP contribution in [0, 0.1) is 11.6 Å². The van der Waals surface area contributed by atoms with E-state index in [1.165, 1.54) is 12.1 Å². The zero-order chi connectivity index (χ0) is 18.8. The van der Waals surface area contributed by atoms with Crippen molar-refractivity contribution in [3.05, 3.63) is 71.8 Å². The number of rotatable bonds is 7. The van der Waals surface area contributed by atoms with Crippen molar-refractivity contribution >= 4 is 8.32 Å². The topological polar surface area (TPSA) is 66.6 Å². The van der Waals surface area contributed by atoms with Gasteiger partial charge in [0.2, 0.25) is 0 Å². The van der Waals surface area contributed by atoms with Crippen LogP contribution in [0.15, 0.2) is 43.0 Å². The summed E-state index contributed by atoms with van der Waals surface area (Å²) in [5.41, 5.74) is -0.757. The van der Waals surface area contributed by atoms with Gasteiger partial charge in [0.25, 0.3) is 0 Å². The molecular formula is C18H22F2N4OSi. The van der Waals surface area contributed by atoms with Crippen LogP contribution in [0.5, 0.6) is 0 Å². The van der Waals surface area contributed by atoms with Gasteiger partial charge in [-0.15, -0.1) is 0 Å². The Kier molecular flexibility index (Phi) is 5.06. The predicted molar refractivity (Wildman–Crippen MR) is 97.1 cm³/mol. The van der Waals surface area contributed by atoms with Crippen molar-refractivity contribution in [1.82, 2.24) is 19.9 Å². The van der Waals surface area contributed by atoms with E-state index in [4.69, 9.17) is 4.43 Å². The molecule has 0 bridgehead atoms. The summed E-state index contributed by atoms with van der Waals surface area (Å²) in [6, 6.07) is 3.60. The van der Waals surface area contributed by atoms with Crippen LogP contribution in [0.1, 0.15) is 17.2 Å². The van der Waals surface area contributed by atoms with Crippen molar-refractivity contribution in [3.63, 3.8) is 0 Å². The van der Waals surface area contributed by atoms with Crippen molar-refractivity contribution in [2.45, 2.75) is 38.1 Å². The van der Waals surface area contributed by atoms with Gasteiger partial charge in [0.05, 0.1) is 5.60 Å². The van der Waals surface area contributed by atoms with Crippen LogP contribution in [0.3, 0.4) is 0 Å². The smallest absolute Gasteiger partial charge is 0.185 e. The number of nitrogens with zero attached hydrogens (tertiary/aromatic N) is 2. The second kappa shape index (κ2) is 7.12. The second-order valence-electron chi connectivity index (χ2n) is 7.26. The third kappa shape index (κ3) is 4.25. The van der Waals surface area contributed by atoms with E-state index in [2.05, 4.69) is 19.9 Å². The molecule has 0 saturated carbocycles. The lowest BCUT2D eigenvalue weighted by Gasteiger charge is -2.39. The van der Waals surface area contributed by atoms with Crippen LogP contribution in [0.2, 0.25) is 19.6 Å². The van der Waals surface area contributed by atoms with Gasteiger partial charge in [0.1, 0.15) is 23.3 Å². The average Bonchev–Trinajstić information content (AvgIpc) is 3.19. The van der Waals surface area contributed by atoms with Gasteiger partial charge >= 0.3 is 0 Å². The molecule has 0 unspecified atom stereocenters. The maximum Gasteiger partial charge on any atom is 0.185 e. The van der Waals surface area contributed by atoms with E-state index in [1.54, 1.807) is 24.8 Å². The molecule has 0 aliphatic heterocycles. The molecule has 3 aromatic rings. The molecule has 2 aromatic heterocycles. The molecule has 0 spiro atoms. The Hall–Kier alpha value is -2.32. The normalized spacial score (nSPS) is 12.5. The van der Waals surface area contributed by atoms with Crippen LogP contribution >= 0.6 is 0 Å². The molecule has 2 heterocycles. The Bertz CT molecular complexity index is 808. The van der Waals surface area contributed by atoms with E-state index in [9.17, 15) is 8.78 Å². The summed E-state index contributed by atoms with van der Waals surface area (Å²) in [5, 5.41) is 0. The Morgan fingerprint density at radius 1 is 1.00 bits per heavy atom. The highest BCUT2D eigenvalue weighted by Crippen LogP contribution is 2.37. The molecular weight excluding hydrogens is 354 g/mol. The number of hydrogen-bond donors (Lipinski definition) is 2. The number of nitrogens with one attached hydrogen (secondary N) is 2. The summed E-state index contributed by atoms with van der Waals surface area (Å²) in [5.74, 6) is 0.0718. The highest BCUT2D eigenvalue weighted by molar-refractivity contribution is 6.69. The van der Waals surface area contributed by atoms with Crippen molar-refractivity contribution in [2.75, 3.05) is 0 Å². The molecule has 2 N–H and O–H groups in total. The Balaban J connectivity index is 2.14. The molecule has 0 aliphatic rings. The van der Waals surface area contributed by atoms with Gasteiger partial charge in [0.15, 0.2) is 8.32 Å². The lowest BCUT2D eigenvalue weighted by atomic mass is 9.86. The number of hydrogen-bond acceptors (Lipinski definition) is 3. The van der Waals surface area contributed by atoms with E-state index in [0.717, 1.165) is 6.07 Å². The van der Waals surface area contributed by atoms with Gasteiger partial charge in [-0.1, -0.05) is 6.07 Å². The maximum absolute atomic E-state index is 14.8. The molecule has 0 fully saturated rings. The van der Waals surface area contributed by atoms with Gasteiger partial charge in [-0.25, -0.2) is 18.7 Å². The monoisotopic (exact) mass is 376 g/mol. The molecule has 1 aromatic carbocycles. The summed E-state index contributed by atoms with van der Waals surface area (Å²) in [7, 11) is -2.12. The fraction of sp³-hybridized carbons (Fsp3) is 0.333. The molecule has 0 aliphatic carbocycles. The largest absolute Gasteiger partial charge is 0.407 e. The molecule has 0 saturated heterocycles.